The van der Waals surface area contributed by atoms with Gasteiger partial charge < -0.3 is 14.4 Å². The molecule has 0 bridgehead atoms. The first-order valence-corrected chi connectivity index (χ1v) is 6.78. The van der Waals surface area contributed by atoms with Crippen LogP contribution in [0.5, 0.6) is 5.75 Å². The molecule has 2 aromatic rings. The van der Waals surface area contributed by atoms with E-state index < -0.39 is 0 Å². The minimum Gasteiger partial charge on any atom is -0.508 e. The van der Waals surface area contributed by atoms with Gasteiger partial charge in [-0.15, -0.1) is 0 Å². The van der Waals surface area contributed by atoms with Gasteiger partial charge >= 0.3 is 5.63 Å². The summed E-state index contributed by atoms with van der Waals surface area (Å²) in [6.45, 7) is 4.74. The number of phenolic OH excluding ortho intramolecular Hbond substituents is 1. The lowest BCUT2D eigenvalue weighted by molar-refractivity contribution is 0.148. The standard InChI is InChI=1S/C15H18N2O3/c1-16-4-6-17(7-5-16)10-11-8-15(19)20-14-3-2-12(18)9-13(11)14/h2-3,8-9,18H,4-7,10H2,1H3. The summed E-state index contributed by atoms with van der Waals surface area (Å²) in [6.07, 6.45) is 0. The second kappa shape index (κ2) is 5.26. The van der Waals surface area contributed by atoms with Crippen LogP contribution in [0.1, 0.15) is 5.56 Å². The van der Waals surface area contributed by atoms with E-state index in [0.29, 0.717) is 12.1 Å². The molecule has 5 nitrogen and oxygen atoms in total. The fourth-order valence-electron chi connectivity index (χ4n) is 2.59. The van der Waals surface area contributed by atoms with Crippen molar-refractivity contribution in [3.8, 4) is 5.75 Å². The molecule has 0 unspecified atom stereocenters. The number of rotatable bonds is 2. The molecule has 1 saturated heterocycles. The molecule has 0 atom stereocenters. The van der Waals surface area contributed by atoms with Gasteiger partial charge in [0, 0.05) is 44.2 Å². The van der Waals surface area contributed by atoms with Crippen molar-refractivity contribution in [2.45, 2.75) is 6.54 Å². The maximum Gasteiger partial charge on any atom is 0.336 e. The maximum atomic E-state index is 11.6. The fraction of sp³-hybridized carbons (Fsp3) is 0.400. The third-order valence-corrected chi connectivity index (χ3v) is 3.80. The number of likely N-dealkylation sites (N-methyl/N-ethyl adjacent to an activating group) is 1. The molecule has 1 fully saturated rings. The molecule has 5 heteroatoms. The zero-order valence-electron chi connectivity index (χ0n) is 11.5. The zero-order chi connectivity index (χ0) is 14.1. The molecule has 2 heterocycles. The van der Waals surface area contributed by atoms with E-state index in [1.165, 1.54) is 12.1 Å². The summed E-state index contributed by atoms with van der Waals surface area (Å²) in [5, 5.41) is 10.4. The molecule has 0 spiro atoms. The van der Waals surface area contributed by atoms with E-state index in [1.54, 1.807) is 12.1 Å². The minimum absolute atomic E-state index is 0.186. The number of nitrogens with zero attached hydrogens (tertiary/aromatic N) is 2. The van der Waals surface area contributed by atoms with Gasteiger partial charge in [-0.3, -0.25) is 4.90 Å². The average molecular weight is 274 g/mol. The first kappa shape index (κ1) is 13.1. The minimum atomic E-state index is -0.340. The lowest BCUT2D eigenvalue weighted by atomic mass is 10.1. The van der Waals surface area contributed by atoms with E-state index in [9.17, 15) is 9.90 Å². The van der Waals surface area contributed by atoms with Crippen LogP contribution in [-0.2, 0) is 6.54 Å². The number of fused-ring (bicyclic) bond motifs is 1. The number of piperazine rings is 1. The van der Waals surface area contributed by atoms with Gasteiger partial charge in [0.2, 0.25) is 0 Å². The molecule has 106 valence electrons. The van der Waals surface area contributed by atoms with Gasteiger partial charge in [-0.2, -0.15) is 0 Å². The number of aromatic hydroxyl groups is 1. The summed E-state index contributed by atoms with van der Waals surface area (Å²) in [5.41, 5.74) is 1.10. The summed E-state index contributed by atoms with van der Waals surface area (Å²) < 4.78 is 5.17. The zero-order valence-corrected chi connectivity index (χ0v) is 11.5. The second-order valence-corrected chi connectivity index (χ2v) is 5.35. The van der Waals surface area contributed by atoms with Crippen molar-refractivity contribution in [2.24, 2.45) is 0 Å². The van der Waals surface area contributed by atoms with E-state index in [0.717, 1.165) is 37.1 Å². The highest BCUT2D eigenvalue weighted by Gasteiger charge is 2.16. The monoisotopic (exact) mass is 274 g/mol. The SMILES string of the molecule is CN1CCN(Cc2cc(=O)oc3ccc(O)cc23)CC1. The molecule has 0 aliphatic carbocycles. The Morgan fingerprint density at radius 3 is 2.70 bits per heavy atom. The Bertz CT molecular complexity index is 672. The van der Waals surface area contributed by atoms with E-state index in [4.69, 9.17) is 4.42 Å². The van der Waals surface area contributed by atoms with Gasteiger partial charge in [-0.25, -0.2) is 4.79 Å². The Morgan fingerprint density at radius 1 is 1.20 bits per heavy atom. The van der Waals surface area contributed by atoms with Gasteiger partial charge in [-0.1, -0.05) is 0 Å². The molecular formula is C15H18N2O3. The van der Waals surface area contributed by atoms with Crippen LogP contribution in [0.25, 0.3) is 11.0 Å². The highest BCUT2D eigenvalue weighted by atomic mass is 16.4. The molecule has 0 saturated carbocycles. The van der Waals surface area contributed by atoms with Gasteiger partial charge in [0.15, 0.2) is 0 Å². The maximum absolute atomic E-state index is 11.6. The summed E-state index contributed by atoms with van der Waals surface area (Å²) >= 11 is 0. The number of hydrogen-bond acceptors (Lipinski definition) is 5. The Morgan fingerprint density at radius 2 is 1.95 bits per heavy atom. The topological polar surface area (TPSA) is 56.9 Å². The molecule has 0 amide bonds. The van der Waals surface area contributed by atoms with Crippen molar-refractivity contribution >= 4 is 11.0 Å². The van der Waals surface area contributed by atoms with E-state index in [1.807, 2.05) is 0 Å². The van der Waals surface area contributed by atoms with Crippen molar-refractivity contribution in [2.75, 3.05) is 33.2 Å². The fourth-order valence-corrected chi connectivity index (χ4v) is 2.59. The van der Waals surface area contributed by atoms with E-state index in [-0.39, 0.29) is 11.4 Å². The number of benzene rings is 1. The smallest absolute Gasteiger partial charge is 0.336 e. The van der Waals surface area contributed by atoms with Crippen molar-refractivity contribution in [3.05, 3.63) is 40.2 Å². The van der Waals surface area contributed by atoms with Crippen LogP contribution in [-0.4, -0.2) is 48.1 Å². The van der Waals surface area contributed by atoms with Crippen LogP contribution in [0, 0.1) is 0 Å². The lowest BCUT2D eigenvalue weighted by Gasteiger charge is -2.32. The van der Waals surface area contributed by atoms with Crippen molar-refractivity contribution in [1.82, 2.24) is 9.80 Å². The van der Waals surface area contributed by atoms with E-state index >= 15 is 0 Å². The van der Waals surface area contributed by atoms with Crippen molar-refractivity contribution in [3.63, 3.8) is 0 Å². The average Bonchev–Trinajstić information content (AvgIpc) is 2.42. The molecule has 1 aromatic heterocycles. The quantitative estimate of drug-likeness (QED) is 0.835. The highest BCUT2D eigenvalue weighted by Crippen LogP contribution is 2.23. The lowest BCUT2D eigenvalue weighted by Crippen LogP contribution is -2.43. The predicted octanol–water partition coefficient (Wildman–Crippen LogP) is 1.25. The van der Waals surface area contributed by atoms with Crippen LogP contribution >= 0.6 is 0 Å². The first-order valence-electron chi connectivity index (χ1n) is 6.78. The van der Waals surface area contributed by atoms with Gasteiger partial charge in [0.05, 0.1) is 0 Å². The summed E-state index contributed by atoms with van der Waals surface area (Å²) in [4.78, 5) is 16.2. The van der Waals surface area contributed by atoms with Crippen molar-refractivity contribution < 1.29 is 9.52 Å². The van der Waals surface area contributed by atoms with Crippen LogP contribution in [0.4, 0.5) is 0 Å². The predicted molar refractivity (Wildman–Crippen MR) is 76.9 cm³/mol. The Kier molecular flexibility index (Phi) is 3.46. The number of hydrogen-bond donors (Lipinski definition) is 1. The third-order valence-electron chi connectivity index (χ3n) is 3.80. The molecule has 0 radical (unpaired) electrons. The van der Waals surface area contributed by atoms with Gasteiger partial charge in [0.1, 0.15) is 11.3 Å². The summed E-state index contributed by atoms with van der Waals surface area (Å²) in [5.74, 6) is 0.186. The third kappa shape index (κ3) is 2.69. The van der Waals surface area contributed by atoms with Gasteiger partial charge in [0.25, 0.3) is 0 Å². The van der Waals surface area contributed by atoms with Crippen LogP contribution in [0.3, 0.4) is 0 Å². The molecule has 1 N–H and O–H groups in total. The van der Waals surface area contributed by atoms with Crippen LogP contribution in [0.15, 0.2) is 33.5 Å². The highest BCUT2D eigenvalue weighted by molar-refractivity contribution is 5.81. The van der Waals surface area contributed by atoms with Crippen LogP contribution < -0.4 is 5.63 Å². The van der Waals surface area contributed by atoms with Gasteiger partial charge in [-0.05, 0) is 30.8 Å². The molecule has 1 aliphatic rings. The molecule has 20 heavy (non-hydrogen) atoms. The molecule has 1 aliphatic heterocycles. The summed E-state index contributed by atoms with van der Waals surface area (Å²) in [7, 11) is 2.11. The summed E-state index contributed by atoms with van der Waals surface area (Å²) in [6, 6.07) is 6.36. The Hall–Kier alpha value is -1.85. The molecular weight excluding hydrogens is 256 g/mol. The second-order valence-electron chi connectivity index (χ2n) is 5.35. The number of phenols is 1. The Labute approximate surface area is 117 Å². The molecule has 1 aromatic carbocycles. The first-order chi connectivity index (χ1) is 9.61. The largest absolute Gasteiger partial charge is 0.508 e. The normalized spacial score (nSPS) is 17.6. The van der Waals surface area contributed by atoms with Crippen molar-refractivity contribution in [1.29, 1.82) is 0 Å². The van der Waals surface area contributed by atoms with Crippen LogP contribution in [0.2, 0.25) is 0 Å². The van der Waals surface area contributed by atoms with E-state index in [2.05, 4.69) is 16.8 Å². The molecule has 3 rings (SSSR count). The Balaban J connectivity index is 1.94.